The minimum absolute atomic E-state index is 0. The highest BCUT2D eigenvalue weighted by Gasteiger charge is 2.21. The van der Waals surface area contributed by atoms with Gasteiger partial charge >= 0.3 is 0 Å². The number of hydrogen-bond donors (Lipinski definition) is 3. The molecular formula is C11H16ClN3O3S. The second-order valence-corrected chi connectivity index (χ2v) is 5.77. The molecule has 0 spiro atoms. The average molecular weight is 306 g/mol. The smallest absolute Gasteiger partial charge is 0.241 e. The van der Waals surface area contributed by atoms with Gasteiger partial charge in [0.05, 0.1) is 10.9 Å². The predicted octanol–water partition coefficient (Wildman–Crippen LogP) is 0.446. The standard InChI is InChI=1S/C11H15N3O3S.ClH/c12-18(16,17)9-5-3-8(4-6-9)14-11(15)10-2-1-7-13-10;/h3-6,10,13H,1-2,7H2,(H,14,15)(H2,12,16,17);1H/t10-;/m0./s1. The van der Waals surface area contributed by atoms with Gasteiger partial charge in [0.1, 0.15) is 0 Å². The topological polar surface area (TPSA) is 101 Å². The first-order valence-electron chi connectivity index (χ1n) is 5.64. The molecule has 1 aromatic carbocycles. The van der Waals surface area contributed by atoms with Gasteiger partial charge < -0.3 is 10.6 Å². The third-order valence-electron chi connectivity index (χ3n) is 2.83. The zero-order valence-electron chi connectivity index (χ0n) is 10.1. The quantitative estimate of drug-likeness (QED) is 0.754. The van der Waals surface area contributed by atoms with Crippen molar-refractivity contribution in [3.8, 4) is 0 Å². The average Bonchev–Trinajstić information content (AvgIpc) is 2.82. The Kier molecular flexibility index (Phi) is 5.30. The van der Waals surface area contributed by atoms with Crippen LogP contribution in [-0.2, 0) is 14.8 Å². The molecule has 0 aromatic heterocycles. The Hall–Kier alpha value is -1.15. The Balaban J connectivity index is 0.00000180. The molecule has 19 heavy (non-hydrogen) atoms. The van der Waals surface area contributed by atoms with Crippen LogP contribution in [0.2, 0.25) is 0 Å². The van der Waals surface area contributed by atoms with Crippen molar-refractivity contribution >= 4 is 34.0 Å². The molecule has 1 saturated heterocycles. The molecule has 106 valence electrons. The summed E-state index contributed by atoms with van der Waals surface area (Å²) in [6, 6.07) is 5.61. The lowest BCUT2D eigenvalue weighted by molar-refractivity contribution is -0.117. The zero-order chi connectivity index (χ0) is 13.2. The Morgan fingerprint density at radius 3 is 2.42 bits per heavy atom. The number of nitrogens with one attached hydrogen (secondary N) is 2. The summed E-state index contributed by atoms with van der Waals surface area (Å²) >= 11 is 0. The molecule has 0 bridgehead atoms. The van der Waals surface area contributed by atoms with E-state index >= 15 is 0 Å². The van der Waals surface area contributed by atoms with Gasteiger partial charge in [-0.05, 0) is 43.7 Å². The number of nitrogens with two attached hydrogens (primary N) is 1. The summed E-state index contributed by atoms with van der Waals surface area (Å²) in [5.41, 5.74) is 0.557. The Bertz CT molecular complexity index is 539. The van der Waals surface area contributed by atoms with Crippen molar-refractivity contribution in [1.29, 1.82) is 0 Å². The Morgan fingerprint density at radius 1 is 1.32 bits per heavy atom. The lowest BCUT2D eigenvalue weighted by Crippen LogP contribution is -2.35. The molecule has 1 atom stereocenters. The maximum absolute atomic E-state index is 11.8. The minimum Gasteiger partial charge on any atom is -0.325 e. The number of amides is 1. The number of halogens is 1. The molecule has 1 aromatic rings. The number of primary sulfonamides is 1. The Labute approximate surface area is 118 Å². The maximum atomic E-state index is 11.8. The third-order valence-corrected chi connectivity index (χ3v) is 3.76. The molecule has 8 heteroatoms. The molecule has 1 aliphatic heterocycles. The summed E-state index contributed by atoms with van der Waals surface area (Å²) < 4.78 is 22.1. The minimum atomic E-state index is -3.69. The number of rotatable bonds is 3. The molecule has 0 radical (unpaired) electrons. The van der Waals surface area contributed by atoms with Gasteiger partial charge in [0.2, 0.25) is 15.9 Å². The molecule has 4 N–H and O–H groups in total. The summed E-state index contributed by atoms with van der Waals surface area (Å²) in [6.07, 6.45) is 1.81. The van der Waals surface area contributed by atoms with Crippen LogP contribution in [0.1, 0.15) is 12.8 Å². The molecule has 0 unspecified atom stereocenters. The monoisotopic (exact) mass is 305 g/mol. The number of anilines is 1. The van der Waals surface area contributed by atoms with E-state index in [0.717, 1.165) is 19.4 Å². The van der Waals surface area contributed by atoms with E-state index in [1.54, 1.807) is 0 Å². The first-order valence-corrected chi connectivity index (χ1v) is 7.18. The van der Waals surface area contributed by atoms with Crippen LogP contribution in [0.5, 0.6) is 0 Å². The highest BCUT2D eigenvalue weighted by atomic mass is 35.5. The molecule has 0 saturated carbocycles. The van der Waals surface area contributed by atoms with Crippen LogP contribution in [0.15, 0.2) is 29.2 Å². The molecule has 1 amide bonds. The number of hydrogen-bond acceptors (Lipinski definition) is 4. The third kappa shape index (κ3) is 4.17. The molecule has 1 fully saturated rings. The van der Waals surface area contributed by atoms with E-state index in [1.807, 2.05) is 0 Å². The fourth-order valence-electron chi connectivity index (χ4n) is 1.87. The zero-order valence-corrected chi connectivity index (χ0v) is 11.8. The van der Waals surface area contributed by atoms with E-state index in [4.69, 9.17) is 5.14 Å². The highest BCUT2D eigenvalue weighted by molar-refractivity contribution is 7.89. The van der Waals surface area contributed by atoms with E-state index in [-0.39, 0.29) is 29.3 Å². The largest absolute Gasteiger partial charge is 0.325 e. The summed E-state index contributed by atoms with van der Waals surface area (Å²) in [6.45, 7) is 0.850. The molecular weight excluding hydrogens is 290 g/mol. The lowest BCUT2D eigenvalue weighted by Gasteiger charge is -2.11. The Morgan fingerprint density at radius 2 is 1.95 bits per heavy atom. The molecule has 1 aliphatic rings. The number of sulfonamides is 1. The van der Waals surface area contributed by atoms with Crippen molar-refractivity contribution in [3.63, 3.8) is 0 Å². The van der Waals surface area contributed by atoms with Gasteiger partial charge in [0, 0.05) is 5.69 Å². The SMILES string of the molecule is Cl.NS(=O)(=O)c1ccc(NC(=O)[C@@H]2CCCN2)cc1. The van der Waals surface area contributed by atoms with Gasteiger partial charge in [-0.3, -0.25) is 4.79 Å². The number of carbonyl (C=O) groups is 1. The number of benzene rings is 1. The fourth-order valence-corrected chi connectivity index (χ4v) is 2.38. The second kappa shape index (κ2) is 6.33. The van der Waals surface area contributed by atoms with Crippen LogP contribution in [0.25, 0.3) is 0 Å². The van der Waals surface area contributed by atoms with Crippen LogP contribution >= 0.6 is 12.4 Å². The van der Waals surface area contributed by atoms with Gasteiger partial charge in [0.25, 0.3) is 0 Å². The second-order valence-electron chi connectivity index (χ2n) is 4.21. The van der Waals surface area contributed by atoms with Crippen LogP contribution in [-0.4, -0.2) is 26.9 Å². The number of carbonyl (C=O) groups excluding carboxylic acids is 1. The van der Waals surface area contributed by atoms with E-state index < -0.39 is 10.0 Å². The van der Waals surface area contributed by atoms with Crippen molar-refractivity contribution in [1.82, 2.24) is 5.32 Å². The van der Waals surface area contributed by atoms with Gasteiger partial charge in [-0.1, -0.05) is 0 Å². The van der Waals surface area contributed by atoms with Gasteiger partial charge in [-0.15, -0.1) is 12.4 Å². The van der Waals surface area contributed by atoms with Crippen molar-refractivity contribution in [2.45, 2.75) is 23.8 Å². The summed E-state index contributed by atoms with van der Waals surface area (Å²) in [5.74, 6) is -0.101. The van der Waals surface area contributed by atoms with Crippen LogP contribution in [0.4, 0.5) is 5.69 Å². The summed E-state index contributed by atoms with van der Waals surface area (Å²) in [4.78, 5) is 11.8. The first kappa shape index (κ1) is 15.9. The van der Waals surface area contributed by atoms with Crippen molar-refractivity contribution in [2.75, 3.05) is 11.9 Å². The van der Waals surface area contributed by atoms with Crippen LogP contribution in [0.3, 0.4) is 0 Å². The first-order chi connectivity index (χ1) is 8.47. The molecule has 6 nitrogen and oxygen atoms in total. The summed E-state index contributed by atoms with van der Waals surface area (Å²) in [7, 11) is -3.69. The molecule has 2 rings (SSSR count). The van der Waals surface area contributed by atoms with Gasteiger partial charge in [-0.2, -0.15) is 0 Å². The van der Waals surface area contributed by atoms with E-state index in [2.05, 4.69) is 10.6 Å². The van der Waals surface area contributed by atoms with Crippen LogP contribution < -0.4 is 15.8 Å². The highest BCUT2D eigenvalue weighted by Crippen LogP contribution is 2.14. The summed E-state index contributed by atoms with van der Waals surface area (Å²) in [5, 5.41) is 10.8. The van der Waals surface area contributed by atoms with E-state index in [1.165, 1.54) is 24.3 Å². The van der Waals surface area contributed by atoms with Crippen molar-refractivity contribution in [2.24, 2.45) is 5.14 Å². The van der Waals surface area contributed by atoms with Crippen molar-refractivity contribution in [3.05, 3.63) is 24.3 Å². The lowest BCUT2D eigenvalue weighted by atomic mass is 10.2. The normalized spacial score (nSPS) is 18.7. The predicted molar refractivity (Wildman–Crippen MR) is 74.7 cm³/mol. The maximum Gasteiger partial charge on any atom is 0.241 e. The van der Waals surface area contributed by atoms with Crippen molar-refractivity contribution < 1.29 is 13.2 Å². The van der Waals surface area contributed by atoms with E-state index in [9.17, 15) is 13.2 Å². The molecule has 1 heterocycles. The van der Waals surface area contributed by atoms with E-state index in [0.29, 0.717) is 5.69 Å². The fraction of sp³-hybridized carbons (Fsp3) is 0.364. The van der Waals surface area contributed by atoms with Crippen LogP contribution in [0, 0.1) is 0 Å². The molecule has 0 aliphatic carbocycles. The van der Waals surface area contributed by atoms with Gasteiger partial charge in [-0.25, -0.2) is 13.6 Å². The van der Waals surface area contributed by atoms with Gasteiger partial charge in [0.15, 0.2) is 0 Å².